The molecular formula is C22H31ClNO3P. The van der Waals surface area contributed by atoms with Gasteiger partial charge in [-0.25, -0.2) is 0 Å². The Hall–Kier alpha value is -1.16. The van der Waals surface area contributed by atoms with Crippen molar-refractivity contribution < 1.29 is 14.0 Å². The van der Waals surface area contributed by atoms with E-state index in [1.165, 1.54) is 30.4 Å². The molecule has 0 radical (unpaired) electrons. The van der Waals surface area contributed by atoms with Crippen LogP contribution in [0.3, 0.4) is 0 Å². The first-order valence-corrected chi connectivity index (χ1v) is 11.4. The molecule has 0 aliphatic rings. The number of rotatable bonds is 15. The number of unbranched alkanes of at least 4 members (excludes halogenated alkanes) is 3. The van der Waals surface area contributed by atoms with E-state index in [9.17, 15) is 4.57 Å². The van der Waals surface area contributed by atoms with Crippen molar-refractivity contribution in [2.75, 3.05) is 13.2 Å². The van der Waals surface area contributed by atoms with Crippen molar-refractivity contribution in [3.63, 3.8) is 0 Å². The molecular weight excluding hydrogens is 393 g/mol. The van der Waals surface area contributed by atoms with Gasteiger partial charge in [-0.05, 0) is 61.4 Å². The van der Waals surface area contributed by atoms with E-state index in [0.29, 0.717) is 19.5 Å². The summed E-state index contributed by atoms with van der Waals surface area (Å²) >= 11 is 6.45. The van der Waals surface area contributed by atoms with Crippen molar-refractivity contribution in [1.29, 1.82) is 2.71 Å². The van der Waals surface area contributed by atoms with Crippen LogP contribution in [0.5, 0.6) is 0 Å². The maximum Gasteiger partial charge on any atom is 0.316 e. The quantitative estimate of drug-likeness (QED) is 0.289. The maximum atomic E-state index is 11.1. The van der Waals surface area contributed by atoms with Crippen LogP contribution in [0.1, 0.15) is 48.8 Å². The molecule has 0 aromatic heterocycles. The van der Waals surface area contributed by atoms with Crippen LogP contribution in [-0.4, -0.2) is 20.8 Å². The molecule has 0 heterocycles. The van der Waals surface area contributed by atoms with Crippen molar-refractivity contribution in [3.8, 4) is 0 Å². The van der Waals surface area contributed by atoms with Gasteiger partial charge < -0.3 is 14.7 Å². The molecule has 6 heteroatoms. The summed E-state index contributed by atoms with van der Waals surface area (Å²) in [5.74, 6) is 0. The zero-order valence-corrected chi connectivity index (χ0v) is 17.9. The summed E-state index contributed by atoms with van der Waals surface area (Å²) in [5, 5.41) is 4.07. The van der Waals surface area contributed by atoms with Crippen LogP contribution in [0.2, 0.25) is 5.02 Å². The first kappa shape index (κ1) is 20.1. The molecule has 0 amide bonds. The second-order valence-corrected chi connectivity index (χ2v) is 8.03. The number of benzene rings is 2. The summed E-state index contributed by atoms with van der Waals surface area (Å²) in [5.41, 5.74) is 3.71. The van der Waals surface area contributed by atoms with Crippen molar-refractivity contribution in [1.82, 2.24) is 5.32 Å². The number of nitrogens with one attached hydrogen (secondary N) is 1. The lowest BCUT2D eigenvalue weighted by molar-refractivity contribution is 0.276. The maximum absolute atomic E-state index is 11.1. The molecule has 0 saturated heterocycles. The van der Waals surface area contributed by atoms with E-state index in [-0.39, 0.29) is 6.61 Å². The molecule has 0 saturated carbocycles. The van der Waals surface area contributed by atoms with Gasteiger partial charge in [0.1, 0.15) is 0 Å². The molecule has 4 nitrogen and oxygen atoms in total. The zero-order chi connectivity index (χ0) is 21.7. The van der Waals surface area contributed by atoms with Gasteiger partial charge in [0, 0.05) is 11.6 Å². The predicted octanol–water partition coefficient (Wildman–Crippen LogP) is 5.56. The topological polar surface area (TPSA) is 58.6 Å². The fourth-order valence-electron chi connectivity index (χ4n) is 3.12. The van der Waals surface area contributed by atoms with Crippen molar-refractivity contribution in [3.05, 3.63) is 70.2 Å². The Morgan fingerprint density at radius 1 is 1.04 bits per heavy atom. The SMILES string of the molecule is [2H]OP([2H])(=O)OCCCNCc1ccc(CCCCCCc2ccccc2)c(Cl)c1. The van der Waals surface area contributed by atoms with Gasteiger partial charge in [0.15, 0.2) is 1.28 Å². The standard InChI is InChI=1S/C22H31ClNO3P/c23-22-17-20(18-24-15-8-16-27-28(25)26)13-14-21(22)12-7-2-1-4-9-19-10-5-3-6-11-19/h3,5-6,10-11,13-14,17,24,28H,1-2,4,7-9,12,15-16,18H2,(H,25,26)/i28D/hD. The molecule has 2 rings (SSSR count). The van der Waals surface area contributed by atoms with Crippen molar-refractivity contribution in [2.24, 2.45) is 0 Å². The highest BCUT2D eigenvalue weighted by atomic mass is 35.5. The Morgan fingerprint density at radius 3 is 2.57 bits per heavy atom. The lowest BCUT2D eigenvalue weighted by Gasteiger charge is -2.09. The van der Waals surface area contributed by atoms with E-state index >= 15 is 0 Å². The smallest absolute Gasteiger partial charge is 0.316 e. The molecule has 0 fully saturated rings. The minimum absolute atomic E-state index is 0.109. The van der Waals surface area contributed by atoms with Gasteiger partial charge in [0.2, 0.25) is 1.43 Å². The van der Waals surface area contributed by atoms with Crippen molar-refractivity contribution >= 4 is 19.8 Å². The zero-order valence-electron chi connectivity index (χ0n) is 18.2. The highest BCUT2D eigenvalue weighted by Crippen LogP contribution is 2.21. The molecule has 0 bridgehead atoms. The van der Waals surface area contributed by atoms with Gasteiger partial charge in [0.05, 0.1) is 6.61 Å². The average Bonchev–Trinajstić information content (AvgIpc) is 2.75. The summed E-state index contributed by atoms with van der Waals surface area (Å²) in [4.78, 5) is 3.72. The molecule has 2 N–H and O–H groups in total. The number of halogens is 1. The fourth-order valence-corrected chi connectivity index (χ4v) is 3.69. The molecule has 0 aliphatic carbocycles. The minimum atomic E-state index is -3.95. The summed E-state index contributed by atoms with van der Waals surface area (Å²) in [6.07, 6.45) is 7.54. The highest BCUT2D eigenvalue weighted by Gasteiger charge is 2.03. The Kier molecular flexibility index (Phi) is 10.0. The van der Waals surface area contributed by atoms with Gasteiger partial charge in [-0.3, -0.25) is 4.57 Å². The Balaban J connectivity index is 1.57. The summed E-state index contributed by atoms with van der Waals surface area (Å²) in [6.45, 7) is 1.42. The van der Waals surface area contributed by atoms with Crippen LogP contribution in [0.4, 0.5) is 0 Å². The molecule has 28 heavy (non-hydrogen) atoms. The van der Waals surface area contributed by atoms with E-state index in [4.69, 9.17) is 18.8 Å². The van der Waals surface area contributed by atoms with Crippen LogP contribution < -0.4 is 5.32 Å². The molecule has 2 aromatic carbocycles. The van der Waals surface area contributed by atoms with Crippen LogP contribution in [0.25, 0.3) is 0 Å². The summed E-state index contributed by atoms with van der Waals surface area (Å²) < 4.78 is 29.3. The normalized spacial score (nSPS) is 14.3. The van der Waals surface area contributed by atoms with Gasteiger partial charge in [0.25, 0.3) is 0 Å². The van der Waals surface area contributed by atoms with E-state index in [2.05, 4.69) is 52.7 Å². The Bertz CT molecular complexity index is 795. The van der Waals surface area contributed by atoms with E-state index < -0.39 is 8.20 Å². The number of hydrogen-bond acceptors (Lipinski definition) is 4. The highest BCUT2D eigenvalue weighted by molar-refractivity contribution is 7.32. The lowest BCUT2D eigenvalue weighted by Crippen LogP contribution is -2.16. The number of aryl methyl sites for hydroxylation is 2. The molecule has 1 atom stereocenters. The average molecular weight is 426 g/mol. The molecule has 0 spiro atoms. The molecule has 0 aliphatic heterocycles. The van der Waals surface area contributed by atoms with E-state index in [1.54, 1.807) is 0 Å². The van der Waals surface area contributed by atoms with Crippen LogP contribution in [-0.2, 0) is 28.5 Å². The third-order valence-corrected chi connectivity index (χ3v) is 5.39. The van der Waals surface area contributed by atoms with E-state index in [0.717, 1.165) is 29.8 Å². The minimum Gasteiger partial charge on any atom is -0.326 e. The van der Waals surface area contributed by atoms with E-state index in [1.807, 2.05) is 6.07 Å². The lowest BCUT2D eigenvalue weighted by atomic mass is 10.0. The Labute approximate surface area is 177 Å². The van der Waals surface area contributed by atoms with Crippen LogP contribution in [0, 0.1) is 0 Å². The molecule has 154 valence electrons. The van der Waals surface area contributed by atoms with Gasteiger partial charge in [-0.2, -0.15) is 0 Å². The van der Waals surface area contributed by atoms with Crippen LogP contribution >= 0.6 is 19.8 Å². The Morgan fingerprint density at radius 2 is 1.82 bits per heavy atom. The monoisotopic (exact) mass is 425 g/mol. The molecule has 2 aromatic rings. The first-order chi connectivity index (χ1) is 14.5. The third-order valence-electron chi connectivity index (χ3n) is 4.65. The van der Waals surface area contributed by atoms with Crippen LogP contribution in [0.15, 0.2) is 48.5 Å². The summed E-state index contributed by atoms with van der Waals surface area (Å²) in [7, 11) is -3.95. The second-order valence-electron chi connectivity index (χ2n) is 6.91. The largest absolute Gasteiger partial charge is 0.326 e. The first-order valence-electron chi connectivity index (χ1n) is 10.8. The molecule has 1 unspecified atom stereocenters. The number of hydrogen-bond donors (Lipinski definition) is 2. The van der Waals surface area contributed by atoms with Crippen molar-refractivity contribution in [2.45, 2.75) is 51.5 Å². The van der Waals surface area contributed by atoms with Gasteiger partial charge in [-0.15, -0.1) is 0 Å². The summed E-state index contributed by atoms with van der Waals surface area (Å²) in [6, 6.07) is 16.8. The van der Waals surface area contributed by atoms with Gasteiger partial charge >= 0.3 is 8.20 Å². The fraction of sp³-hybridized carbons (Fsp3) is 0.455. The second kappa shape index (κ2) is 13.9. The van der Waals surface area contributed by atoms with Gasteiger partial charge in [-0.1, -0.05) is 66.9 Å². The predicted molar refractivity (Wildman–Crippen MR) is 117 cm³/mol. The third kappa shape index (κ3) is 9.86.